The van der Waals surface area contributed by atoms with Gasteiger partial charge < -0.3 is 25.6 Å². The Hall–Kier alpha value is -3.75. The van der Waals surface area contributed by atoms with Crippen LogP contribution < -0.4 is 16.2 Å². The van der Waals surface area contributed by atoms with Gasteiger partial charge in [-0.3, -0.25) is 14.4 Å². The van der Waals surface area contributed by atoms with Gasteiger partial charge in [-0.05, 0) is 60.3 Å². The van der Waals surface area contributed by atoms with E-state index < -0.39 is 23.6 Å². The predicted octanol–water partition coefficient (Wildman–Crippen LogP) is 4.92. The molecule has 1 aromatic heterocycles. The summed E-state index contributed by atoms with van der Waals surface area (Å²) < 4.78 is 0. The van der Waals surface area contributed by atoms with Crippen molar-refractivity contribution in [1.29, 1.82) is 0 Å². The molecule has 236 valence electrons. The first-order valence-corrected chi connectivity index (χ1v) is 15.9. The number of hydrogen-bond acceptors (Lipinski definition) is 5. The summed E-state index contributed by atoms with van der Waals surface area (Å²) in [6.07, 6.45) is 3.00. The van der Waals surface area contributed by atoms with Gasteiger partial charge >= 0.3 is 0 Å². The molecule has 3 aromatic rings. The van der Waals surface area contributed by atoms with Gasteiger partial charge in [-0.1, -0.05) is 89.2 Å². The summed E-state index contributed by atoms with van der Waals surface area (Å²) in [6, 6.07) is 20.3. The molecule has 8 nitrogen and oxygen atoms in total. The maximum absolute atomic E-state index is 13.5. The summed E-state index contributed by atoms with van der Waals surface area (Å²) in [7, 11) is 0. The van der Waals surface area contributed by atoms with Crippen LogP contribution in [-0.2, 0) is 17.4 Å². The van der Waals surface area contributed by atoms with Gasteiger partial charge in [0.1, 0.15) is 5.69 Å². The van der Waals surface area contributed by atoms with Crippen molar-refractivity contribution < 1.29 is 14.7 Å². The summed E-state index contributed by atoms with van der Waals surface area (Å²) in [5.41, 5.74) is 2.91. The first kappa shape index (κ1) is 33.1. The quantitative estimate of drug-likeness (QED) is 0.210. The zero-order valence-electron chi connectivity index (χ0n) is 26.8. The molecule has 0 bridgehead atoms. The molecule has 0 spiro atoms. The van der Waals surface area contributed by atoms with Gasteiger partial charge in [0.15, 0.2) is 0 Å². The third kappa shape index (κ3) is 8.45. The molecule has 0 saturated heterocycles. The molecular weight excluding hydrogens is 552 g/mol. The van der Waals surface area contributed by atoms with Gasteiger partial charge in [0.2, 0.25) is 5.56 Å². The zero-order chi connectivity index (χ0) is 31.9. The fourth-order valence-electron chi connectivity index (χ4n) is 5.64. The Morgan fingerprint density at radius 1 is 0.977 bits per heavy atom. The number of amides is 2. The minimum atomic E-state index is -0.913. The van der Waals surface area contributed by atoms with E-state index in [4.69, 9.17) is 0 Å². The highest BCUT2D eigenvalue weighted by atomic mass is 16.3. The highest BCUT2D eigenvalue weighted by molar-refractivity contribution is 5.98. The molecule has 44 heavy (non-hydrogen) atoms. The van der Waals surface area contributed by atoms with Crippen molar-refractivity contribution in [1.82, 2.24) is 20.5 Å². The van der Waals surface area contributed by atoms with Gasteiger partial charge in [0, 0.05) is 36.8 Å². The van der Waals surface area contributed by atoms with Crippen LogP contribution in [0.15, 0.2) is 71.5 Å². The summed E-state index contributed by atoms with van der Waals surface area (Å²) >= 11 is 0. The van der Waals surface area contributed by atoms with E-state index in [0.717, 1.165) is 31.2 Å². The molecule has 2 atom stereocenters. The molecule has 0 aliphatic heterocycles. The lowest BCUT2D eigenvalue weighted by atomic mass is 9.85. The Labute approximate surface area is 261 Å². The molecule has 1 heterocycles. The number of carbonyl (C=O) groups is 2. The minimum Gasteiger partial charge on any atom is -0.390 e. The Bertz CT molecular complexity index is 1470. The maximum Gasteiger partial charge on any atom is 0.268 e. The van der Waals surface area contributed by atoms with Crippen molar-refractivity contribution >= 4 is 11.8 Å². The number of nitrogens with one attached hydrogen (secondary N) is 3. The highest BCUT2D eigenvalue weighted by Crippen LogP contribution is 2.46. The highest BCUT2D eigenvalue weighted by Gasteiger charge is 2.44. The number of aromatic amines is 1. The summed E-state index contributed by atoms with van der Waals surface area (Å²) in [5.74, 6) is -0.822. The number of nitrogens with zero attached hydrogens (tertiary/aromatic N) is 1. The fourth-order valence-corrected chi connectivity index (χ4v) is 5.64. The number of benzene rings is 2. The number of aromatic nitrogens is 1. The van der Waals surface area contributed by atoms with Crippen LogP contribution in [0.5, 0.6) is 0 Å². The standard InChI is InChI=1S/C36H48N4O4/c1-6-18-40(19-7-2)34(44)26-21-30(38-32(42)22-26)33(43)39-29(20-25-12-9-8-10-13-25)31(41)24-37-36(16-17-36)28-15-11-14-27(23-28)35(3,4)5/h8-15,21-23,29,31,37,41H,6-7,16-20,24H2,1-5H3,(H,38,42)(H,39,43)/t29-,31+/m0/s1. The van der Waals surface area contributed by atoms with Crippen molar-refractivity contribution in [3.8, 4) is 0 Å². The molecule has 0 unspecified atom stereocenters. The van der Waals surface area contributed by atoms with Crippen molar-refractivity contribution in [2.45, 2.75) is 89.8 Å². The molecule has 2 amide bonds. The van der Waals surface area contributed by atoms with E-state index in [0.29, 0.717) is 19.5 Å². The average Bonchev–Trinajstić information content (AvgIpc) is 3.80. The molecule has 1 aliphatic carbocycles. The SMILES string of the molecule is CCCN(CCC)C(=O)c1cc(C(=O)N[C@@H](Cc2ccccc2)[C@H](O)CNC2(c3cccc(C(C)(C)C)c3)CC2)[nH]c(=O)c1. The predicted molar refractivity (Wildman–Crippen MR) is 175 cm³/mol. The Balaban J connectivity index is 1.52. The largest absolute Gasteiger partial charge is 0.390 e. The molecule has 0 radical (unpaired) electrons. The number of H-pyrrole nitrogens is 1. The third-order valence-corrected chi connectivity index (χ3v) is 8.37. The molecule has 4 rings (SSSR count). The lowest BCUT2D eigenvalue weighted by Gasteiger charge is -2.28. The molecule has 2 aromatic carbocycles. The van der Waals surface area contributed by atoms with Gasteiger partial charge in [-0.15, -0.1) is 0 Å². The topological polar surface area (TPSA) is 115 Å². The maximum atomic E-state index is 13.5. The van der Waals surface area contributed by atoms with Crippen LogP contribution in [0.1, 0.15) is 97.8 Å². The normalized spacial score (nSPS) is 15.3. The van der Waals surface area contributed by atoms with Crippen LogP contribution in [0.3, 0.4) is 0 Å². The van der Waals surface area contributed by atoms with Crippen molar-refractivity contribution in [2.24, 2.45) is 0 Å². The number of pyridine rings is 1. The first-order valence-electron chi connectivity index (χ1n) is 15.9. The van der Waals surface area contributed by atoms with Crippen molar-refractivity contribution in [3.05, 3.63) is 105 Å². The first-order chi connectivity index (χ1) is 21.0. The molecule has 8 heteroatoms. The van der Waals surface area contributed by atoms with Gasteiger partial charge in [0.25, 0.3) is 11.8 Å². The van der Waals surface area contributed by atoms with Crippen LogP contribution in [0.4, 0.5) is 0 Å². The van der Waals surface area contributed by atoms with E-state index in [1.807, 2.05) is 44.2 Å². The Kier molecular flexibility index (Phi) is 10.8. The Morgan fingerprint density at radius 2 is 1.66 bits per heavy atom. The molecule has 1 fully saturated rings. The number of hydrogen-bond donors (Lipinski definition) is 4. The number of rotatable bonds is 14. The van der Waals surface area contributed by atoms with Crippen molar-refractivity contribution in [3.63, 3.8) is 0 Å². The lowest BCUT2D eigenvalue weighted by Crippen LogP contribution is -2.50. The van der Waals surface area contributed by atoms with Crippen LogP contribution in [-0.4, -0.2) is 58.6 Å². The van der Waals surface area contributed by atoms with E-state index in [2.05, 4.69) is 60.7 Å². The smallest absolute Gasteiger partial charge is 0.268 e. The summed E-state index contributed by atoms with van der Waals surface area (Å²) in [6.45, 7) is 12.0. The lowest BCUT2D eigenvalue weighted by molar-refractivity contribution is 0.0755. The van der Waals surface area contributed by atoms with E-state index in [1.165, 1.54) is 23.3 Å². The van der Waals surface area contributed by atoms with Gasteiger partial charge in [-0.25, -0.2) is 0 Å². The van der Waals surface area contributed by atoms with E-state index in [-0.39, 0.29) is 34.7 Å². The fraction of sp³-hybridized carbons (Fsp3) is 0.472. The Morgan fingerprint density at radius 3 is 2.27 bits per heavy atom. The second-order valence-corrected chi connectivity index (χ2v) is 13.1. The summed E-state index contributed by atoms with van der Waals surface area (Å²) in [4.78, 5) is 43.6. The minimum absolute atomic E-state index is 0.00956. The number of carbonyl (C=O) groups excluding carboxylic acids is 2. The van der Waals surface area contributed by atoms with Crippen LogP contribution in [0.2, 0.25) is 0 Å². The average molecular weight is 601 g/mol. The van der Waals surface area contributed by atoms with E-state index in [1.54, 1.807) is 4.90 Å². The van der Waals surface area contributed by atoms with Gasteiger partial charge in [0.05, 0.1) is 12.1 Å². The molecule has 1 saturated carbocycles. The summed E-state index contributed by atoms with van der Waals surface area (Å²) in [5, 5.41) is 18.0. The zero-order valence-corrected chi connectivity index (χ0v) is 26.8. The third-order valence-electron chi connectivity index (χ3n) is 8.37. The second-order valence-electron chi connectivity index (χ2n) is 13.1. The monoisotopic (exact) mass is 600 g/mol. The molecule has 4 N–H and O–H groups in total. The second kappa shape index (κ2) is 14.4. The number of aliphatic hydroxyl groups is 1. The molecular formula is C36H48N4O4. The van der Waals surface area contributed by atoms with Crippen molar-refractivity contribution in [2.75, 3.05) is 19.6 Å². The van der Waals surface area contributed by atoms with E-state index >= 15 is 0 Å². The van der Waals surface area contributed by atoms with Crippen LogP contribution >= 0.6 is 0 Å². The van der Waals surface area contributed by atoms with Crippen LogP contribution in [0.25, 0.3) is 0 Å². The molecule has 1 aliphatic rings. The van der Waals surface area contributed by atoms with Gasteiger partial charge in [-0.2, -0.15) is 0 Å². The number of aliphatic hydroxyl groups excluding tert-OH is 1. The van der Waals surface area contributed by atoms with E-state index in [9.17, 15) is 19.5 Å². The van der Waals surface area contributed by atoms with Crippen LogP contribution in [0, 0.1) is 0 Å².